The van der Waals surface area contributed by atoms with Gasteiger partial charge in [-0.15, -0.1) is 11.3 Å². The van der Waals surface area contributed by atoms with Crippen molar-refractivity contribution >= 4 is 27.5 Å². The molecule has 0 unspecified atom stereocenters. The molecule has 0 radical (unpaired) electrons. The molecule has 0 atom stereocenters. The summed E-state index contributed by atoms with van der Waals surface area (Å²) < 4.78 is 14.2. The van der Waals surface area contributed by atoms with E-state index in [0.29, 0.717) is 25.7 Å². The minimum Gasteiger partial charge on any atom is -0.355 e. The summed E-state index contributed by atoms with van der Waals surface area (Å²) in [5.74, 6) is -0.200. The van der Waals surface area contributed by atoms with Gasteiger partial charge in [-0.1, -0.05) is 24.3 Å². The number of aromatic nitrogens is 1. The second-order valence-electron chi connectivity index (χ2n) is 6.94. The molecule has 1 aromatic heterocycles. The molecule has 140 valence electrons. The third-order valence-electron chi connectivity index (χ3n) is 4.71. The number of amides is 1. The molecule has 1 amide bonds. The highest BCUT2D eigenvalue weighted by atomic mass is 32.1. The van der Waals surface area contributed by atoms with E-state index in [0.717, 1.165) is 35.4 Å². The van der Waals surface area contributed by atoms with Gasteiger partial charge in [-0.3, -0.25) is 9.69 Å². The van der Waals surface area contributed by atoms with Crippen molar-refractivity contribution in [3.63, 3.8) is 0 Å². The highest BCUT2D eigenvalue weighted by Crippen LogP contribution is 2.28. The molecule has 1 heterocycles. The van der Waals surface area contributed by atoms with Crippen LogP contribution in [-0.4, -0.2) is 34.9 Å². The van der Waals surface area contributed by atoms with Gasteiger partial charge in [0.1, 0.15) is 5.82 Å². The van der Waals surface area contributed by atoms with Crippen LogP contribution in [0.15, 0.2) is 48.5 Å². The Kier molecular flexibility index (Phi) is 5.45. The van der Waals surface area contributed by atoms with E-state index in [2.05, 4.69) is 21.3 Å². The first-order chi connectivity index (χ1) is 13.2. The number of fused-ring (bicyclic) bond motifs is 1. The summed E-state index contributed by atoms with van der Waals surface area (Å²) in [5.41, 5.74) is 2.05. The van der Waals surface area contributed by atoms with Gasteiger partial charge in [0, 0.05) is 25.6 Å². The molecule has 0 bridgehead atoms. The Morgan fingerprint density at radius 2 is 1.96 bits per heavy atom. The van der Waals surface area contributed by atoms with Gasteiger partial charge in [0.25, 0.3) is 0 Å². The molecule has 0 spiro atoms. The SMILES string of the molecule is O=C(CN(Cc1ccc(F)cc1)C1CC1)NCCc1nc2ccccc2s1. The van der Waals surface area contributed by atoms with Gasteiger partial charge in [0.05, 0.1) is 21.8 Å². The van der Waals surface area contributed by atoms with E-state index in [9.17, 15) is 9.18 Å². The molecule has 1 aliphatic rings. The number of benzene rings is 2. The molecular formula is C21H22FN3OS. The number of para-hydroxylation sites is 1. The summed E-state index contributed by atoms with van der Waals surface area (Å²) in [7, 11) is 0. The molecule has 0 aliphatic heterocycles. The van der Waals surface area contributed by atoms with Crippen LogP contribution in [-0.2, 0) is 17.8 Å². The van der Waals surface area contributed by atoms with Crippen LogP contribution in [0.3, 0.4) is 0 Å². The van der Waals surface area contributed by atoms with Crippen molar-refractivity contribution in [2.75, 3.05) is 13.1 Å². The fraction of sp³-hybridized carbons (Fsp3) is 0.333. The average molecular weight is 383 g/mol. The smallest absolute Gasteiger partial charge is 0.234 e. The largest absolute Gasteiger partial charge is 0.355 e. The first kappa shape index (κ1) is 18.1. The lowest BCUT2D eigenvalue weighted by molar-refractivity contribution is -0.122. The monoisotopic (exact) mass is 383 g/mol. The molecule has 2 aromatic carbocycles. The van der Waals surface area contributed by atoms with E-state index in [-0.39, 0.29) is 11.7 Å². The molecule has 1 N–H and O–H groups in total. The summed E-state index contributed by atoms with van der Waals surface area (Å²) in [4.78, 5) is 19.1. The maximum Gasteiger partial charge on any atom is 0.234 e. The van der Waals surface area contributed by atoms with Crippen LogP contribution in [0.2, 0.25) is 0 Å². The van der Waals surface area contributed by atoms with Gasteiger partial charge < -0.3 is 5.32 Å². The van der Waals surface area contributed by atoms with Gasteiger partial charge in [0.15, 0.2) is 0 Å². The van der Waals surface area contributed by atoms with Crippen molar-refractivity contribution in [1.29, 1.82) is 0 Å². The van der Waals surface area contributed by atoms with Crippen molar-refractivity contribution in [3.05, 3.63) is 64.9 Å². The zero-order valence-corrected chi connectivity index (χ0v) is 15.8. The quantitative estimate of drug-likeness (QED) is 0.644. The van der Waals surface area contributed by atoms with Gasteiger partial charge in [0.2, 0.25) is 5.91 Å². The molecule has 6 heteroatoms. The van der Waals surface area contributed by atoms with Crippen LogP contribution in [0.4, 0.5) is 4.39 Å². The number of halogens is 1. The summed E-state index contributed by atoms with van der Waals surface area (Å²) in [5, 5.41) is 4.05. The minimum absolute atomic E-state index is 0.0325. The average Bonchev–Trinajstić information content (AvgIpc) is 3.42. The van der Waals surface area contributed by atoms with Gasteiger partial charge in [-0.05, 0) is 42.7 Å². The van der Waals surface area contributed by atoms with Crippen LogP contribution in [0.5, 0.6) is 0 Å². The number of hydrogen-bond acceptors (Lipinski definition) is 4. The highest BCUT2D eigenvalue weighted by Gasteiger charge is 2.30. The van der Waals surface area contributed by atoms with Crippen molar-refractivity contribution in [2.45, 2.75) is 31.8 Å². The van der Waals surface area contributed by atoms with Crippen molar-refractivity contribution < 1.29 is 9.18 Å². The molecule has 0 saturated heterocycles. The zero-order valence-electron chi connectivity index (χ0n) is 15.0. The normalized spacial score (nSPS) is 14.0. The van der Waals surface area contributed by atoms with Crippen LogP contribution >= 0.6 is 11.3 Å². The number of rotatable bonds is 8. The lowest BCUT2D eigenvalue weighted by Gasteiger charge is -2.21. The number of nitrogens with one attached hydrogen (secondary N) is 1. The first-order valence-corrected chi connectivity index (χ1v) is 10.1. The van der Waals surface area contributed by atoms with Gasteiger partial charge in [-0.2, -0.15) is 0 Å². The fourth-order valence-electron chi connectivity index (χ4n) is 3.15. The molecule has 4 nitrogen and oxygen atoms in total. The number of carbonyl (C=O) groups excluding carboxylic acids is 1. The Balaban J connectivity index is 1.27. The second kappa shape index (κ2) is 8.15. The summed E-state index contributed by atoms with van der Waals surface area (Å²) in [6.45, 7) is 1.64. The van der Waals surface area contributed by atoms with E-state index < -0.39 is 0 Å². The third kappa shape index (κ3) is 4.90. The van der Waals surface area contributed by atoms with E-state index in [1.807, 2.05) is 18.2 Å². The van der Waals surface area contributed by atoms with Gasteiger partial charge in [-0.25, -0.2) is 9.37 Å². The second-order valence-corrected chi connectivity index (χ2v) is 8.05. The van der Waals surface area contributed by atoms with Crippen LogP contribution < -0.4 is 5.32 Å². The summed E-state index contributed by atoms with van der Waals surface area (Å²) in [6, 6.07) is 15.1. The fourth-order valence-corrected chi connectivity index (χ4v) is 4.12. The molecule has 4 rings (SSSR count). The topological polar surface area (TPSA) is 45.2 Å². The van der Waals surface area contributed by atoms with E-state index >= 15 is 0 Å². The lowest BCUT2D eigenvalue weighted by atomic mass is 10.2. The Hall–Kier alpha value is -2.31. The number of nitrogens with zero attached hydrogens (tertiary/aromatic N) is 2. The predicted octanol–water partition coefficient (Wildman–Crippen LogP) is 3.76. The Bertz CT molecular complexity index is 888. The maximum absolute atomic E-state index is 13.1. The predicted molar refractivity (Wildman–Crippen MR) is 106 cm³/mol. The third-order valence-corrected chi connectivity index (χ3v) is 5.80. The molecular weight excluding hydrogens is 361 g/mol. The van der Waals surface area contributed by atoms with E-state index in [1.54, 1.807) is 23.5 Å². The van der Waals surface area contributed by atoms with Crippen molar-refractivity contribution in [3.8, 4) is 0 Å². The molecule has 3 aromatic rings. The molecule has 1 aliphatic carbocycles. The number of thiazole rings is 1. The number of hydrogen-bond donors (Lipinski definition) is 1. The summed E-state index contributed by atoms with van der Waals surface area (Å²) >= 11 is 1.68. The Morgan fingerprint density at radius 3 is 2.70 bits per heavy atom. The Morgan fingerprint density at radius 1 is 1.19 bits per heavy atom. The van der Waals surface area contributed by atoms with E-state index in [1.165, 1.54) is 16.8 Å². The lowest BCUT2D eigenvalue weighted by Crippen LogP contribution is -2.38. The first-order valence-electron chi connectivity index (χ1n) is 9.27. The standard InChI is InChI=1S/C21H22FN3OS/c22-16-7-5-15(6-8-16)13-25(17-9-10-17)14-20(26)23-12-11-21-24-18-3-1-2-4-19(18)27-21/h1-8,17H,9-14H2,(H,23,26). The van der Waals surface area contributed by atoms with Crippen molar-refractivity contribution in [2.24, 2.45) is 0 Å². The minimum atomic E-state index is -0.232. The molecule has 1 fully saturated rings. The van der Waals surface area contributed by atoms with E-state index in [4.69, 9.17) is 0 Å². The summed E-state index contributed by atoms with van der Waals surface area (Å²) in [6.07, 6.45) is 2.99. The van der Waals surface area contributed by atoms with Crippen LogP contribution in [0.25, 0.3) is 10.2 Å². The van der Waals surface area contributed by atoms with Crippen molar-refractivity contribution in [1.82, 2.24) is 15.2 Å². The molecule has 1 saturated carbocycles. The van der Waals surface area contributed by atoms with Gasteiger partial charge >= 0.3 is 0 Å². The Labute approximate surface area is 162 Å². The number of carbonyl (C=O) groups is 1. The van der Waals surface area contributed by atoms with Crippen LogP contribution in [0.1, 0.15) is 23.4 Å². The highest BCUT2D eigenvalue weighted by molar-refractivity contribution is 7.18. The van der Waals surface area contributed by atoms with Crippen LogP contribution in [0, 0.1) is 5.82 Å². The molecule has 27 heavy (non-hydrogen) atoms. The zero-order chi connectivity index (χ0) is 18.6. The maximum atomic E-state index is 13.1.